The zero-order valence-corrected chi connectivity index (χ0v) is 12.5. The molecule has 0 radical (unpaired) electrons. The lowest BCUT2D eigenvalue weighted by atomic mass is 9.94. The minimum Gasteiger partial charge on any atom is -0.481 e. The molecule has 0 aliphatic rings. The second-order valence-corrected chi connectivity index (χ2v) is 5.28. The van der Waals surface area contributed by atoms with E-state index in [-0.39, 0.29) is 24.8 Å². The number of hydrogen-bond acceptors (Lipinski definition) is 3. The molecule has 20 heavy (non-hydrogen) atoms. The van der Waals surface area contributed by atoms with Crippen LogP contribution in [0.2, 0.25) is 0 Å². The predicted octanol–water partition coefficient (Wildman–Crippen LogP) is 0.557. The van der Waals surface area contributed by atoms with Crippen LogP contribution in [0.4, 0.5) is 4.79 Å². The molecule has 0 bridgehead atoms. The first kappa shape index (κ1) is 18.2. The fourth-order valence-corrected chi connectivity index (χ4v) is 1.92. The maximum atomic E-state index is 11.6. The zero-order valence-electron chi connectivity index (χ0n) is 12.5. The molecule has 0 saturated carbocycles. The Labute approximate surface area is 119 Å². The molecule has 2 unspecified atom stereocenters. The van der Waals surface area contributed by atoms with Gasteiger partial charge in [-0.25, -0.2) is 4.79 Å². The van der Waals surface area contributed by atoms with E-state index in [0.29, 0.717) is 5.92 Å². The van der Waals surface area contributed by atoms with E-state index in [9.17, 15) is 14.4 Å². The van der Waals surface area contributed by atoms with E-state index in [0.717, 1.165) is 6.42 Å². The van der Waals surface area contributed by atoms with Gasteiger partial charge in [-0.2, -0.15) is 0 Å². The number of urea groups is 1. The third kappa shape index (κ3) is 8.34. The molecule has 0 aliphatic heterocycles. The minimum absolute atomic E-state index is 0.0173. The molecule has 0 spiro atoms. The molecule has 0 fully saturated rings. The van der Waals surface area contributed by atoms with E-state index in [1.54, 1.807) is 6.92 Å². The summed E-state index contributed by atoms with van der Waals surface area (Å²) in [4.78, 5) is 33.6. The molecule has 0 rings (SSSR count). The van der Waals surface area contributed by atoms with Crippen molar-refractivity contribution in [1.29, 1.82) is 0 Å². The van der Waals surface area contributed by atoms with E-state index in [2.05, 4.69) is 16.0 Å². The molecule has 0 aromatic rings. The third-order valence-electron chi connectivity index (χ3n) is 2.81. The summed E-state index contributed by atoms with van der Waals surface area (Å²) in [5, 5.41) is 16.4. The highest BCUT2D eigenvalue weighted by Crippen LogP contribution is 2.14. The number of carboxylic acids is 1. The molecule has 0 aromatic carbocycles. The molecular weight excluding hydrogens is 262 g/mol. The monoisotopic (exact) mass is 287 g/mol. The average Bonchev–Trinajstić information content (AvgIpc) is 2.33. The highest BCUT2D eigenvalue weighted by atomic mass is 16.4. The van der Waals surface area contributed by atoms with Gasteiger partial charge >= 0.3 is 12.0 Å². The SMILES string of the molecule is CNC(=O)C(C)NC(=O)NCC(CC(=O)O)CC(C)C. The fourth-order valence-electron chi connectivity index (χ4n) is 1.92. The molecule has 7 nitrogen and oxygen atoms in total. The molecule has 0 heterocycles. The van der Waals surface area contributed by atoms with Gasteiger partial charge in [0.05, 0.1) is 0 Å². The van der Waals surface area contributed by atoms with Gasteiger partial charge < -0.3 is 21.1 Å². The maximum Gasteiger partial charge on any atom is 0.315 e. The molecule has 7 heteroatoms. The minimum atomic E-state index is -0.878. The van der Waals surface area contributed by atoms with Crippen LogP contribution in [-0.2, 0) is 9.59 Å². The third-order valence-corrected chi connectivity index (χ3v) is 2.81. The quantitative estimate of drug-likeness (QED) is 0.523. The van der Waals surface area contributed by atoms with Crippen LogP contribution in [0.25, 0.3) is 0 Å². The van der Waals surface area contributed by atoms with Crippen molar-refractivity contribution >= 4 is 17.9 Å². The summed E-state index contributed by atoms with van der Waals surface area (Å²) in [5.41, 5.74) is 0. The lowest BCUT2D eigenvalue weighted by Gasteiger charge is -2.19. The van der Waals surface area contributed by atoms with Gasteiger partial charge in [-0.3, -0.25) is 9.59 Å². The van der Waals surface area contributed by atoms with E-state index in [1.807, 2.05) is 13.8 Å². The van der Waals surface area contributed by atoms with Crippen molar-refractivity contribution in [3.63, 3.8) is 0 Å². The van der Waals surface area contributed by atoms with Crippen LogP contribution < -0.4 is 16.0 Å². The Morgan fingerprint density at radius 3 is 2.20 bits per heavy atom. The number of hydrogen-bond donors (Lipinski definition) is 4. The number of aliphatic carboxylic acids is 1. The van der Waals surface area contributed by atoms with Gasteiger partial charge in [0.25, 0.3) is 0 Å². The van der Waals surface area contributed by atoms with E-state index in [4.69, 9.17) is 5.11 Å². The van der Waals surface area contributed by atoms with Crippen molar-refractivity contribution < 1.29 is 19.5 Å². The number of amides is 3. The van der Waals surface area contributed by atoms with Gasteiger partial charge in [-0.1, -0.05) is 13.8 Å². The van der Waals surface area contributed by atoms with Crippen LogP contribution >= 0.6 is 0 Å². The summed E-state index contributed by atoms with van der Waals surface area (Å²) in [7, 11) is 1.49. The number of nitrogens with one attached hydrogen (secondary N) is 3. The van der Waals surface area contributed by atoms with Crippen LogP contribution in [0, 0.1) is 11.8 Å². The normalized spacial score (nSPS) is 13.4. The van der Waals surface area contributed by atoms with Crippen molar-refractivity contribution in [2.24, 2.45) is 11.8 Å². The number of carbonyl (C=O) groups is 3. The summed E-state index contributed by atoms with van der Waals surface area (Å²) < 4.78 is 0. The molecule has 3 amide bonds. The Morgan fingerprint density at radius 1 is 1.15 bits per heavy atom. The summed E-state index contributed by atoms with van der Waals surface area (Å²) in [5.74, 6) is -0.927. The Bertz CT molecular complexity index is 345. The number of carboxylic acid groups (broad SMARTS) is 1. The summed E-state index contributed by atoms with van der Waals surface area (Å²) in [6.45, 7) is 5.85. The Balaban J connectivity index is 4.22. The van der Waals surface area contributed by atoms with Crippen LogP contribution in [0.5, 0.6) is 0 Å². The lowest BCUT2D eigenvalue weighted by molar-refractivity contribution is -0.138. The molecule has 4 N–H and O–H groups in total. The van der Waals surface area contributed by atoms with Gasteiger partial charge in [0.15, 0.2) is 0 Å². The van der Waals surface area contributed by atoms with E-state index < -0.39 is 18.0 Å². The van der Waals surface area contributed by atoms with Gasteiger partial charge in [0, 0.05) is 20.0 Å². The Kier molecular flexibility index (Phi) is 8.35. The zero-order chi connectivity index (χ0) is 15.7. The van der Waals surface area contributed by atoms with Crippen LogP contribution in [-0.4, -0.2) is 42.6 Å². The Morgan fingerprint density at radius 2 is 1.75 bits per heavy atom. The first-order chi connectivity index (χ1) is 9.26. The average molecular weight is 287 g/mol. The van der Waals surface area contributed by atoms with Crippen molar-refractivity contribution in [2.75, 3.05) is 13.6 Å². The van der Waals surface area contributed by atoms with Crippen LogP contribution in [0.1, 0.15) is 33.6 Å². The largest absolute Gasteiger partial charge is 0.481 e. The summed E-state index contributed by atoms with van der Waals surface area (Å²) in [6.07, 6.45) is 0.737. The maximum absolute atomic E-state index is 11.6. The fraction of sp³-hybridized carbons (Fsp3) is 0.769. The van der Waals surface area contributed by atoms with Crippen molar-refractivity contribution in [3.05, 3.63) is 0 Å². The molecule has 0 aliphatic carbocycles. The van der Waals surface area contributed by atoms with E-state index >= 15 is 0 Å². The second-order valence-electron chi connectivity index (χ2n) is 5.28. The predicted molar refractivity (Wildman–Crippen MR) is 75.3 cm³/mol. The first-order valence-electron chi connectivity index (χ1n) is 6.74. The molecule has 0 saturated heterocycles. The Hall–Kier alpha value is -1.79. The molecule has 116 valence electrons. The van der Waals surface area contributed by atoms with Crippen molar-refractivity contribution in [2.45, 2.75) is 39.7 Å². The van der Waals surface area contributed by atoms with Gasteiger partial charge in [-0.05, 0) is 25.2 Å². The van der Waals surface area contributed by atoms with Crippen molar-refractivity contribution in [1.82, 2.24) is 16.0 Å². The van der Waals surface area contributed by atoms with Crippen LogP contribution in [0.3, 0.4) is 0 Å². The van der Waals surface area contributed by atoms with Crippen molar-refractivity contribution in [3.8, 4) is 0 Å². The summed E-state index contributed by atoms with van der Waals surface area (Å²) in [6, 6.07) is -1.11. The molecular formula is C13H25N3O4. The second kappa shape index (κ2) is 9.17. The van der Waals surface area contributed by atoms with Crippen LogP contribution in [0.15, 0.2) is 0 Å². The molecule has 0 aromatic heterocycles. The number of rotatable bonds is 8. The highest BCUT2D eigenvalue weighted by Gasteiger charge is 2.18. The van der Waals surface area contributed by atoms with Gasteiger partial charge in [-0.15, -0.1) is 0 Å². The standard InChI is InChI=1S/C13H25N3O4/c1-8(2)5-10(6-11(17)18)7-15-13(20)16-9(3)12(19)14-4/h8-10H,5-7H2,1-4H3,(H,14,19)(H,17,18)(H2,15,16,20). The number of likely N-dealkylation sites (N-methyl/N-ethyl adjacent to an activating group) is 1. The highest BCUT2D eigenvalue weighted by molar-refractivity contribution is 5.86. The number of carbonyl (C=O) groups excluding carboxylic acids is 2. The lowest BCUT2D eigenvalue weighted by Crippen LogP contribution is -2.48. The topological polar surface area (TPSA) is 108 Å². The molecule has 2 atom stereocenters. The summed E-state index contributed by atoms with van der Waals surface area (Å²) >= 11 is 0. The van der Waals surface area contributed by atoms with Gasteiger partial charge in [0.2, 0.25) is 5.91 Å². The van der Waals surface area contributed by atoms with E-state index in [1.165, 1.54) is 7.05 Å². The van der Waals surface area contributed by atoms with Gasteiger partial charge in [0.1, 0.15) is 6.04 Å². The smallest absolute Gasteiger partial charge is 0.315 e. The first-order valence-corrected chi connectivity index (χ1v) is 6.74.